The van der Waals surface area contributed by atoms with Crippen LogP contribution in [0.1, 0.15) is 25.3 Å². The summed E-state index contributed by atoms with van der Waals surface area (Å²) in [6.45, 7) is 3.97. The highest BCUT2D eigenvalue weighted by Crippen LogP contribution is 2.23. The van der Waals surface area contributed by atoms with E-state index in [1.807, 2.05) is 6.92 Å². The molecule has 0 aromatic heterocycles. The Morgan fingerprint density at radius 2 is 2.10 bits per heavy atom. The van der Waals surface area contributed by atoms with Crippen LogP contribution in [0, 0.1) is 5.82 Å². The molecule has 1 aliphatic rings. The third-order valence-electron chi connectivity index (χ3n) is 3.66. The van der Waals surface area contributed by atoms with Gasteiger partial charge < -0.3 is 15.3 Å². The molecular formula is C15H21FN2O2. The van der Waals surface area contributed by atoms with Gasteiger partial charge >= 0.3 is 0 Å². The number of nitrogens with one attached hydrogen (secondary N) is 1. The van der Waals surface area contributed by atoms with Crippen LogP contribution < -0.4 is 5.32 Å². The molecule has 0 aliphatic carbocycles. The number of hydrogen-bond acceptors (Lipinski definition) is 3. The van der Waals surface area contributed by atoms with Crippen LogP contribution in [0.5, 0.6) is 0 Å². The average molecular weight is 280 g/mol. The fourth-order valence-electron chi connectivity index (χ4n) is 2.52. The van der Waals surface area contributed by atoms with Crippen molar-refractivity contribution < 1.29 is 14.3 Å². The molecule has 110 valence electrons. The zero-order valence-corrected chi connectivity index (χ0v) is 11.7. The maximum Gasteiger partial charge on any atom is 0.256 e. The molecular weight excluding hydrogens is 259 g/mol. The molecule has 20 heavy (non-hydrogen) atoms. The Hall–Kier alpha value is -1.46. The first-order valence-electron chi connectivity index (χ1n) is 7.02. The van der Waals surface area contributed by atoms with E-state index in [-0.39, 0.29) is 18.3 Å². The molecule has 0 saturated carbocycles. The van der Waals surface area contributed by atoms with Gasteiger partial charge in [0.2, 0.25) is 0 Å². The molecule has 1 heterocycles. The van der Waals surface area contributed by atoms with Crippen molar-refractivity contribution in [1.29, 1.82) is 0 Å². The summed E-state index contributed by atoms with van der Waals surface area (Å²) in [6, 6.07) is 6.10. The SMILES string of the molecule is CCNCC1(O)CCCN(Cc2ccc(F)cc2)C1=O. The first-order valence-corrected chi connectivity index (χ1v) is 7.02. The van der Waals surface area contributed by atoms with Gasteiger partial charge in [-0.3, -0.25) is 4.79 Å². The fraction of sp³-hybridized carbons (Fsp3) is 0.533. The lowest BCUT2D eigenvalue weighted by Crippen LogP contribution is -2.57. The van der Waals surface area contributed by atoms with E-state index in [2.05, 4.69) is 5.32 Å². The minimum atomic E-state index is -1.31. The van der Waals surface area contributed by atoms with Crippen LogP contribution in [-0.2, 0) is 11.3 Å². The monoisotopic (exact) mass is 280 g/mol. The number of likely N-dealkylation sites (tertiary alicyclic amines) is 1. The molecule has 1 aliphatic heterocycles. The van der Waals surface area contributed by atoms with Crippen LogP contribution >= 0.6 is 0 Å². The fourth-order valence-corrected chi connectivity index (χ4v) is 2.52. The van der Waals surface area contributed by atoms with Crippen LogP contribution in [0.4, 0.5) is 4.39 Å². The molecule has 2 rings (SSSR count). The lowest BCUT2D eigenvalue weighted by Gasteiger charge is -2.38. The van der Waals surface area contributed by atoms with Gasteiger partial charge in [-0.25, -0.2) is 4.39 Å². The Morgan fingerprint density at radius 1 is 1.40 bits per heavy atom. The highest BCUT2D eigenvalue weighted by molar-refractivity contribution is 5.86. The molecule has 1 aromatic carbocycles. The normalized spacial score (nSPS) is 23.1. The number of likely N-dealkylation sites (N-methyl/N-ethyl adjacent to an activating group) is 1. The quantitative estimate of drug-likeness (QED) is 0.854. The minimum Gasteiger partial charge on any atom is -0.379 e. The predicted octanol–water partition coefficient (Wildman–Crippen LogP) is 1.29. The predicted molar refractivity (Wildman–Crippen MR) is 74.5 cm³/mol. The molecule has 1 saturated heterocycles. The highest BCUT2D eigenvalue weighted by atomic mass is 19.1. The number of aliphatic hydroxyl groups is 1. The summed E-state index contributed by atoms with van der Waals surface area (Å²) >= 11 is 0. The Morgan fingerprint density at radius 3 is 2.75 bits per heavy atom. The first kappa shape index (κ1) is 14.9. The van der Waals surface area contributed by atoms with Gasteiger partial charge in [-0.05, 0) is 37.1 Å². The molecule has 2 N–H and O–H groups in total. The van der Waals surface area contributed by atoms with Crippen molar-refractivity contribution in [3.05, 3.63) is 35.6 Å². The molecule has 0 bridgehead atoms. The van der Waals surface area contributed by atoms with E-state index < -0.39 is 5.60 Å². The zero-order chi connectivity index (χ0) is 14.6. The Balaban J connectivity index is 2.04. The summed E-state index contributed by atoms with van der Waals surface area (Å²) in [7, 11) is 0. The Labute approximate surface area is 118 Å². The number of halogens is 1. The molecule has 1 fully saturated rings. The van der Waals surface area contributed by atoms with E-state index in [1.54, 1.807) is 17.0 Å². The summed E-state index contributed by atoms with van der Waals surface area (Å²) in [5.74, 6) is -0.531. The van der Waals surface area contributed by atoms with Crippen LogP contribution in [0.3, 0.4) is 0 Å². The standard InChI is InChI=1S/C15H21FN2O2/c1-2-17-11-15(20)8-3-9-18(14(15)19)10-12-4-6-13(16)7-5-12/h4-7,17,20H,2-3,8-11H2,1H3. The van der Waals surface area contributed by atoms with E-state index >= 15 is 0 Å². The second kappa shape index (κ2) is 6.33. The van der Waals surface area contributed by atoms with Crippen LogP contribution in [-0.4, -0.2) is 41.1 Å². The van der Waals surface area contributed by atoms with Crippen molar-refractivity contribution in [3.63, 3.8) is 0 Å². The molecule has 4 nitrogen and oxygen atoms in total. The first-order chi connectivity index (χ1) is 9.55. The maximum absolute atomic E-state index is 12.9. The topological polar surface area (TPSA) is 52.6 Å². The second-order valence-corrected chi connectivity index (χ2v) is 5.27. The summed E-state index contributed by atoms with van der Waals surface area (Å²) in [5, 5.41) is 13.5. The molecule has 1 aromatic rings. The van der Waals surface area contributed by atoms with Crippen LogP contribution in [0.15, 0.2) is 24.3 Å². The summed E-state index contributed by atoms with van der Waals surface area (Å²) < 4.78 is 12.9. The number of piperidine rings is 1. The van der Waals surface area contributed by atoms with Crippen molar-refractivity contribution in [1.82, 2.24) is 10.2 Å². The summed E-state index contributed by atoms with van der Waals surface area (Å²) in [6.07, 6.45) is 1.26. The maximum atomic E-state index is 12.9. The molecule has 1 atom stereocenters. The van der Waals surface area contributed by atoms with Crippen molar-refractivity contribution in [2.24, 2.45) is 0 Å². The Kier molecular flexibility index (Phi) is 4.73. The van der Waals surface area contributed by atoms with Crippen LogP contribution in [0.2, 0.25) is 0 Å². The number of nitrogens with zero attached hydrogens (tertiary/aromatic N) is 1. The van der Waals surface area contributed by atoms with Crippen molar-refractivity contribution in [3.8, 4) is 0 Å². The van der Waals surface area contributed by atoms with E-state index in [9.17, 15) is 14.3 Å². The number of benzene rings is 1. The molecule has 0 radical (unpaired) electrons. The number of amides is 1. The van der Waals surface area contributed by atoms with Gasteiger partial charge in [0, 0.05) is 19.6 Å². The van der Waals surface area contributed by atoms with E-state index in [4.69, 9.17) is 0 Å². The van der Waals surface area contributed by atoms with Gasteiger partial charge in [-0.2, -0.15) is 0 Å². The smallest absolute Gasteiger partial charge is 0.256 e. The number of rotatable bonds is 5. The van der Waals surface area contributed by atoms with E-state index in [0.717, 1.165) is 12.0 Å². The van der Waals surface area contributed by atoms with E-state index in [1.165, 1.54) is 12.1 Å². The van der Waals surface area contributed by atoms with Crippen molar-refractivity contribution in [2.75, 3.05) is 19.6 Å². The lowest BCUT2D eigenvalue weighted by molar-refractivity contribution is -0.157. The number of hydrogen-bond donors (Lipinski definition) is 2. The summed E-state index contributed by atoms with van der Waals surface area (Å²) in [5.41, 5.74) is -0.443. The van der Waals surface area contributed by atoms with Gasteiger partial charge in [0.1, 0.15) is 5.82 Å². The number of carbonyl (C=O) groups excluding carboxylic acids is 1. The minimum absolute atomic E-state index is 0.242. The second-order valence-electron chi connectivity index (χ2n) is 5.27. The van der Waals surface area contributed by atoms with Crippen molar-refractivity contribution >= 4 is 5.91 Å². The third-order valence-corrected chi connectivity index (χ3v) is 3.66. The van der Waals surface area contributed by atoms with Gasteiger partial charge in [0.15, 0.2) is 5.60 Å². The highest BCUT2D eigenvalue weighted by Gasteiger charge is 2.41. The van der Waals surface area contributed by atoms with Gasteiger partial charge in [-0.1, -0.05) is 19.1 Å². The third kappa shape index (κ3) is 3.35. The molecule has 0 spiro atoms. The van der Waals surface area contributed by atoms with E-state index in [0.29, 0.717) is 26.1 Å². The zero-order valence-electron chi connectivity index (χ0n) is 11.7. The van der Waals surface area contributed by atoms with Gasteiger partial charge in [-0.15, -0.1) is 0 Å². The Bertz CT molecular complexity index is 463. The molecule has 1 unspecified atom stereocenters. The molecule has 5 heteroatoms. The molecule has 1 amide bonds. The van der Waals surface area contributed by atoms with Gasteiger partial charge in [0.25, 0.3) is 5.91 Å². The largest absolute Gasteiger partial charge is 0.379 e. The van der Waals surface area contributed by atoms with Crippen LogP contribution in [0.25, 0.3) is 0 Å². The van der Waals surface area contributed by atoms with Crippen molar-refractivity contribution in [2.45, 2.75) is 31.9 Å². The van der Waals surface area contributed by atoms with Gasteiger partial charge in [0.05, 0.1) is 0 Å². The summed E-state index contributed by atoms with van der Waals surface area (Å²) in [4.78, 5) is 14.0. The number of carbonyl (C=O) groups is 1. The lowest BCUT2D eigenvalue weighted by atomic mass is 9.91. The average Bonchev–Trinajstić information content (AvgIpc) is 2.44.